The van der Waals surface area contributed by atoms with E-state index in [4.69, 9.17) is 0 Å². The van der Waals surface area contributed by atoms with Crippen LogP contribution in [-0.2, 0) is 175 Å². The first-order valence-electron chi connectivity index (χ1n) is 45.2. The third-order valence-corrected chi connectivity index (χ3v) is 29.3. The van der Waals surface area contributed by atoms with Crippen LogP contribution in [0.3, 0.4) is 0 Å². The van der Waals surface area contributed by atoms with Gasteiger partial charge < -0.3 is 21.3 Å². The Morgan fingerprint density at radius 3 is 0.955 bits per heavy atom. The Kier molecular flexibility index (Phi) is 31.6. The highest BCUT2D eigenvalue weighted by atomic mass is 32.2. The molecule has 7 heterocycles. The first-order valence-corrected chi connectivity index (χ1v) is 51.1. The molecule has 133 heavy (non-hydrogen) atoms. The molecule has 8 N–H and O–H groups in total. The maximum Gasteiger partial charge on any atom is 0.283 e. The molecule has 11 aromatic rings. The van der Waals surface area contributed by atoms with E-state index in [0.29, 0.717) is 96.6 Å². The van der Waals surface area contributed by atoms with Gasteiger partial charge in [0.15, 0.2) is 20.1 Å². The van der Waals surface area contributed by atoms with Gasteiger partial charge in [0.05, 0.1) is 48.5 Å². The second-order valence-electron chi connectivity index (χ2n) is 35.4. The van der Waals surface area contributed by atoms with E-state index in [1.807, 2.05) is 93.5 Å². The smallest absolute Gasteiger partial charge is 0.283 e. The molecule has 0 spiro atoms. The summed E-state index contributed by atoms with van der Waals surface area (Å²) in [4.78, 5) is 64.4. The SMILES string of the molecule is CNCc1cc(S(=O)(=O)NC(=O)Cc2c(-c3ccnc(C)c3)cc(F)c3c2CCC3)nn1C(C)C.CNCc1cc(S(=O)(=O)NC(=O)Cc2c(-c3ccnc(C)c3)ccc3c2CCC3)nn1C(C)C.CNCc1cc(S(=O)(=O)NC(=O)Cc2c(-c3ccncc3)cc(F)c3c2CCC3)nn1C(C)C.CNCc1cc(S(=O)(=O)NC(=O)Cc2c3c(cc4c2CCC4)CCC3)nn1C(C)C. The number of halogens is 2. The number of hydrogen-bond donors (Lipinski definition) is 8. The van der Waals surface area contributed by atoms with E-state index in [1.54, 1.807) is 89.9 Å². The summed E-state index contributed by atoms with van der Waals surface area (Å²) in [5.74, 6) is -3.03. The summed E-state index contributed by atoms with van der Waals surface area (Å²) >= 11 is 0. The highest BCUT2D eigenvalue weighted by molar-refractivity contribution is 7.90. The molecule has 31 nitrogen and oxygen atoms in total. The van der Waals surface area contributed by atoms with Crippen molar-refractivity contribution in [2.24, 2.45) is 0 Å². The van der Waals surface area contributed by atoms with Crippen LogP contribution in [0.5, 0.6) is 0 Å². The van der Waals surface area contributed by atoms with Crippen LogP contribution >= 0.6 is 0 Å². The van der Waals surface area contributed by atoms with E-state index in [0.717, 1.165) is 143 Å². The van der Waals surface area contributed by atoms with Gasteiger partial charge in [-0.25, -0.2) is 27.7 Å². The highest BCUT2D eigenvalue weighted by Crippen LogP contribution is 2.41. The summed E-state index contributed by atoms with van der Waals surface area (Å²) in [6.07, 6.45) is 19.5. The van der Waals surface area contributed by atoms with Gasteiger partial charge in [-0.05, 0) is 354 Å². The summed E-state index contributed by atoms with van der Waals surface area (Å²) in [5, 5.41) is 28.3. The van der Waals surface area contributed by atoms with Crippen molar-refractivity contribution in [2.75, 3.05) is 28.2 Å². The van der Waals surface area contributed by atoms with Crippen LogP contribution in [0.4, 0.5) is 8.78 Å². The fraction of sp³-hybridized carbons (Fsp3) is 0.427. The number of fused-ring (bicyclic) bond motifs is 5. The number of aryl methyl sites for hydroxylation is 5. The minimum absolute atomic E-state index is 0.0127. The van der Waals surface area contributed by atoms with E-state index in [-0.39, 0.29) is 81.6 Å². The summed E-state index contributed by atoms with van der Waals surface area (Å²) in [5.41, 5.74) is 22.7. The first kappa shape index (κ1) is 99.0. The van der Waals surface area contributed by atoms with E-state index in [2.05, 4.69) is 87.6 Å². The highest BCUT2D eigenvalue weighted by Gasteiger charge is 2.35. The number of rotatable bonds is 31. The molecule has 0 aliphatic heterocycles. The molecular weight excluding hydrogens is 1780 g/mol. The molecule has 708 valence electrons. The molecule has 0 atom stereocenters. The third kappa shape index (κ3) is 23.0. The minimum atomic E-state index is -4.18. The summed E-state index contributed by atoms with van der Waals surface area (Å²) in [6.45, 7) is 21.0. The van der Waals surface area contributed by atoms with Gasteiger partial charge in [-0.1, -0.05) is 18.2 Å². The molecular formula is C96H119F2N19O12S4. The van der Waals surface area contributed by atoms with Crippen LogP contribution in [0, 0.1) is 25.5 Å². The Morgan fingerprint density at radius 2 is 0.617 bits per heavy atom. The lowest BCUT2D eigenvalue weighted by molar-refractivity contribution is -0.119. The quantitative estimate of drug-likeness (QED) is 0.0200. The van der Waals surface area contributed by atoms with E-state index in [9.17, 15) is 61.6 Å². The Labute approximate surface area is 777 Å². The van der Waals surface area contributed by atoms with Crippen molar-refractivity contribution in [3.05, 3.63) is 239 Å². The normalized spacial score (nSPS) is 13.8. The van der Waals surface area contributed by atoms with Gasteiger partial charge in [0.1, 0.15) is 11.6 Å². The Balaban J connectivity index is 0.000000151. The summed E-state index contributed by atoms with van der Waals surface area (Å²) in [6, 6.07) is 26.2. The average molecular weight is 1900 g/mol. The second kappa shape index (κ2) is 42.4. The molecule has 5 aliphatic carbocycles. The molecule has 37 heteroatoms. The van der Waals surface area contributed by atoms with Crippen LogP contribution in [-0.4, -0.2) is 140 Å². The van der Waals surface area contributed by atoms with Gasteiger partial charge in [0.25, 0.3) is 40.1 Å². The summed E-state index contributed by atoms with van der Waals surface area (Å²) in [7, 11) is -9.38. The number of sulfonamides is 4. The van der Waals surface area contributed by atoms with Crippen molar-refractivity contribution in [3.8, 4) is 33.4 Å². The number of nitrogens with one attached hydrogen (secondary N) is 8. The number of amides is 4. The van der Waals surface area contributed by atoms with Gasteiger partial charge in [-0.15, -0.1) is 0 Å². The molecule has 0 radical (unpaired) electrons. The number of hydrogen-bond acceptors (Lipinski definition) is 23. The average Bonchev–Trinajstić information content (AvgIpc) is 1.72. The van der Waals surface area contributed by atoms with Crippen LogP contribution < -0.4 is 40.2 Å². The lowest BCUT2D eigenvalue weighted by Crippen LogP contribution is -2.32. The van der Waals surface area contributed by atoms with Gasteiger partial charge in [0, 0.05) is 111 Å². The predicted molar refractivity (Wildman–Crippen MR) is 503 cm³/mol. The van der Waals surface area contributed by atoms with E-state index in [1.165, 1.54) is 64.2 Å². The molecule has 4 amide bonds. The Bertz CT molecular complexity index is 6670. The fourth-order valence-electron chi connectivity index (χ4n) is 18.6. The zero-order valence-corrected chi connectivity index (χ0v) is 81.0. The topological polar surface area (TPSA) is 411 Å². The van der Waals surface area contributed by atoms with Crippen molar-refractivity contribution < 1.29 is 61.6 Å². The predicted octanol–water partition coefficient (Wildman–Crippen LogP) is 11.4. The maximum absolute atomic E-state index is 14.9. The van der Waals surface area contributed by atoms with Crippen LogP contribution in [0.1, 0.15) is 224 Å². The Hall–Kier alpha value is -11.5. The first-order chi connectivity index (χ1) is 63.3. The Morgan fingerprint density at radius 1 is 0.331 bits per heavy atom. The van der Waals surface area contributed by atoms with E-state index < -0.39 is 63.7 Å². The standard InChI is InChI=1S/C25H30FN5O3S.C25H31N5O3S.C24H28FN5O3S.C22H30N4O3S/c1-15(2)31-18(14-27-4)11-25(29-31)35(33,34)30-24(32)13-22-19-6-5-7-20(19)23(26)12-21(22)17-8-9-28-16(3)10-17;1-16(2)30-20(15-26-4)13-25(28-30)34(32,33)29-24(31)14-23-21-7-5-6-18(21)8-9-22(23)19-10-11-27-17(3)12-19;1-15(2)30-17(14-26-3)11-24(28-30)34(32,33)29-23(31)13-21-18-5-4-6-19(18)22(25)12-20(21)16-7-9-27-10-8-16;1-14(2)26-17(13-23-3)11-22(24-26)30(28,29)25-21(27)12-20-18-8-4-6-15(18)10-16-7-5-9-19(16)20/h8-12,15,27H,5-7,13-14H2,1-4H3,(H,30,32);8-13,16,26H,5-7,14-15H2,1-4H3,(H,29,31);7-12,15,26H,4-6,13-14H2,1-3H3,(H,29,31);10-11,14,23H,4-9,12-13H2,1-3H3,(H,25,27). The molecule has 4 aromatic carbocycles. The van der Waals surface area contributed by atoms with Gasteiger partial charge in [-0.2, -0.15) is 54.1 Å². The van der Waals surface area contributed by atoms with Crippen molar-refractivity contribution in [1.82, 2.24) is 94.2 Å². The fourth-order valence-corrected chi connectivity index (χ4v) is 22.5. The molecule has 0 saturated carbocycles. The number of benzene rings is 4. The molecule has 16 rings (SSSR count). The van der Waals surface area contributed by atoms with Crippen LogP contribution in [0.15, 0.2) is 136 Å². The van der Waals surface area contributed by atoms with Crippen molar-refractivity contribution in [2.45, 2.75) is 262 Å². The molecule has 0 unspecified atom stereocenters. The minimum Gasteiger partial charge on any atom is -0.314 e. The van der Waals surface area contributed by atoms with Crippen molar-refractivity contribution >= 4 is 63.7 Å². The maximum atomic E-state index is 14.9. The van der Waals surface area contributed by atoms with Gasteiger partial charge in [-0.3, -0.25) is 52.9 Å². The number of carbonyl (C=O) groups is 4. The monoisotopic (exact) mass is 1900 g/mol. The third-order valence-electron chi connectivity index (χ3n) is 24.3. The molecule has 0 bridgehead atoms. The number of aromatic nitrogens is 11. The number of pyridine rings is 3. The lowest BCUT2D eigenvalue weighted by Gasteiger charge is -2.16. The van der Waals surface area contributed by atoms with E-state index >= 15 is 0 Å². The number of nitrogens with zero attached hydrogens (tertiary/aromatic N) is 11. The van der Waals surface area contributed by atoms with Gasteiger partial charge >= 0.3 is 0 Å². The largest absolute Gasteiger partial charge is 0.314 e. The number of carbonyl (C=O) groups excluding carboxylic acids is 4. The van der Waals surface area contributed by atoms with Crippen molar-refractivity contribution in [3.63, 3.8) is 0 Å². The summed E-state index contributed by atoms with van der Waals surface area (Å²) < 4.78 is 149. The second-order valence-corrected chi connectivity index (χ2v) is 41.9. The van der Waals surface area contributed by atoms with Gasteiger partial charge in [0.2, 0.25) is 23.6 Å². The zero-order valence-electron chi connectivity index (χ0n) is 77.7. The van der Waals surface area contributed by atoms with Crippen molar-refractivity contribution in [1.29, 1.82) is 0 Å². The molecule has 5 aliphatic rings. The molecule has 7 aromatic heterocycles. The lowest BCUT2D eigenvalue weighted by atomic mass is 9.90. The zero-order chi connectivity index (χ0) is 95.7. The van der Waals surface area contributed by atoms with Crippen LogP contribution in [0.2, 0.25) is 0 Å². The van der Waals surface area contributed by atoms with Crippen LogP contribution in [0.25, 0.3) is 33.4 Å². The molecule has 0 fully saturated rings. The molecule has 0 saturated heterocycles.